The molecule has 4 rings (SSSR count). The zero-order valence-corrected chi connectivity index (χ0v) is 22.0. The Morgan fingerprint density at radius 1 is 1.08 bits per heavy atom. The number of carbonyl (C=O) groups is 2. The Kier molecular flexibility index (Phi) is 8.16. The standard InChI is InChI=1S/C28H27N7O4/c1-17-9-18(2)27(19(3)10-17)39-24-11-25(32-21-7-5-20(12-29)6-8-21)30-14-23(24)28(37)31-13-22-15-35(34-33-22)16-26(36)38-4/h5-11,14-15H,13,16H2,1-4H3,(H,30,32)(H,31,37). The van der Waals surface area contributed by atoms with Crippen LogP contribution < -0.4 is 15.4 Å². The predicted molar refractivity (Wildman–Crippen MR) is 143 cm³/mol. The molecule has 2 aromatic carbocycles. The zero-order chi connectivity index (χ0) is 27.9. The number of hydrogen-bond donors (Lipinski definition) is 2. The Hall–Kier alpha value is -5.24. The van der Waals surface area contributed by atoms with Gasteiger partial charge in [-0.2, -0.15) is 5.26 Å². The second-order valence-electron chi connectivity index (χ2n) is 8.88. The van der Waals surface area contributed by atoms with E-state index in [1.165, 1.54) is 18.0 Å². The molecule has 0 bridgehead atoms. The van der Waals surface area contributed by atoms with Gasteiger partial charge in [0.05, 0.1) is 31.5 Å². The number of aryl methyl sites for hydroxylation is 3. The lowest BCUT2D eigenvalue weighted by Gasteiger charge is -2.16. The number of methoxy groups -OCH3 is 1. The summed E-state index contributed by atoms with van der Waals surface area (Å²) in [4.78, 5) is 29.1. The van der Waals surface area contributed by atoms with E-state index in [4.69, 9.17) is 10.00 Å². The van der Waals surface area contributed by atoms with Gasteiger partial charge in [0, 0.05) is 18.0 Å². The first-order chi connectivity index (χ1) is 18.7. The molecule has 2 heterocycles. The smallest absolute Gasteiger partial charge is 0.327 e. The quantitative estimate of drug-likeness (QED) is 0.308. The summed E-state index contributed by atoms with van der Waals surface area (Å²) in [6, 6.07) is 14.7. The third kappa shape index (κ3) is 6.75. The predicted octanol–water partition coefficient (Wildman–Crippen LogP) is 4.11. The highest BCUT2D eigenvalue weighted by Gasteiger charge is 2.18. The Labute approximate surface area is 225 Å². The highest BCUT2D eigenvalue weighted by Crippen LogP contribution is 2.33. The molecule has 0 unspecified atom stereocenters. The highest BCUT2D eigenvalue weighted by molar-refractivity contribution is 5.97. The summed E-state index contributed by atoms with van der Waals surface area (Å²) in [6.07, 6.45) is 2.99. The van der Waals surface area contributed by atoms with E-state index in [0.717, 1.165) is 22.4 Å². The molecule has 0 atom stereocenters. The number of aromatic nitrogens is 4. The number of nitriles is 1. The maximum atomic E-state index is 13.2. The number of hydrogen-bond acceptors (Lipinski definition) is 9. The minimum Gasteiger partial charge on any atom is -0.468 e. The minimum atomic E-state index is -0.459. The molecule has 39 heavy (non-hydrogen) atoms. The van der Waals surface area contributed by atoms with Gasteiger partial charge in [-0.3, -0.25) is 9.59 Å². The molecule has 2 N–H and O–H groups in total. The van der Waals surface area contributed by atoms with E-state index in [1.54, 1.807) is 36.5 Å². The maximum absolute atomic E-state index is 13.2. The molecule has 0 radical (unpaired) electrons. The molecule has 4 aromatic rings. The van der Waals surface area contributed by atoms with Crippen LogP contribution in [0.2, 0.25) is 0 Å². The molecule has 0 saturated heterocycles. The van der Waals surface area contributed by atoms with Crippen LogP contribution in [0.5, 0.6) is 11.5 Å². The number of nitrogens with one attached hydrogen (secondary N) is 2. The van der Waals surface area contributed by atoms with Crippen molar-refractivity contribution in [2.45, 2.75) is 33.9 Å². The van der Waals surface area contributed by atoms with Crippen molar-refractivity contribution in [2.75, 3.05) is 12.4 Å². The Balaban J connectivity index is 1.58. The van der Waals surface area contributed by atoms with Gasteiger partial charge in [0.1, 0.15) is 35.1 Å². The SMILES string of the molecule is COC(=O)Cn1cc(CNC(=O)c2cnc(Nc3ccc(C#N)cc3)cc2Oc2c(C)cc(C)cc2C)nn1. The summed E-state index contributed by atoms with van der Waals surface area (Å²) in [5, 5.41) is 22.9. The van der Waals surface area contributed by atoms with Gasteiger partial charge in [-0.15, -0.1) is 5.10 Å². The number of benzene rings is 2. The molecule has 0 saturated carbocycles. The third-order valence-corrected chi connectivity index (χ3v) is 5.75. The average Bonchev–Trinajstić information content (AvgIpc) is 3.37. The number of carbonyl (C=O) groups excluding carboxylic acids is 2. The van der Waals surface area contributed by atoms with E-state index in [2.05, 4.69) is 36.7 Å². The van der Waals surface area contributed by atoms with Crippen molar-refractivity contribution in [3.63, 3.8) is 0 Å². The second-order valence-corrected chi connectivity index (χ2v) is 8.88. The fourth-order valence-electron chi connectivity index (χ4n) is 3.93. The fourth-order valence-corrected chi connectivity index (χ4v) is 3.93. The van der Waals surface area contributed by atoms with Crippen LogP contribution in [0.4, 0.5) is 11.5 Å². The Morgan fingerprint density at radius 3 is 2.46 bits per heavy atom. The molecule has 0 spiro atoms. The van der Waals surface area contributed by atoms with Crippen molar-refractivity contribution < 1.29 is 19.1 Å². The number of anilines is 2. The van der Waals surface area contributed by atoms with Crippen LogP contribution in [0.1, 0.15) is 38.3 Å². The molecule has 11 heteroatoms. The van der Waals surface area contributed by atoms with E-state index in [1.807, 2.05) is 32.9 Å². The van der Waals surface area contributed by atoms with Crippen LogP contribution >= 0.6 is 0 Å². The summed E-state index contributed by atoms with van der Waals surface area (Å²) < 4.78 is 12.3. The first kappa shape index (κ1) is 26.8. The average molecular weight is 526 g/mol. The van der Waals surface area contributed by atoms with Crippen molar-refractivity contribution in [3.8, 4) is 17.6 Å². The first-order valence-electron chi connectivity index (χ1n) is 12.0. The Morgan fingerprint density at radius 2 is 1.79 bits per heavy atom. The number of nitrogens with zero attached hydrogens (tertiary/aromatic N) is 5. The van der Waals surface area contributed by atoms with E-state index in [9.17, 15) is 9.59 Å². The molecule has 1 amide bonds. The van der Waals surface area contributed by atoms with E-state index in [-0.39, 0.29) is 18.7 Å². The largest absolute Gasteiger partial charge is 0.468 e. The molecular weight excluding hydrogens is 498 g/mol. The van der Waals surface area contributed by atoms with Crippen LogP contribution in [0.25, 0.3) is 0 Å². The lowest BCUT2D eigenvalue weighted by atomic mass is 10.1. The summed E-state index contributed by atoms with van der Waals surface area (Å²) in [7, 11) is 1.29. The minimum absolute atomic E-state index is 0.0767. The van der Waals surface area contributed by atoms with Crippen molar-refractivity contribution >= 4 is 23.4 Å². The van der Waals surface area contributed by atoms with Crippen LogP contribution in [0.3, 0.4) is 0 Å². The number of amides is 1. The fraction of sp³-hybridized carbons (Fsp3) is 0.214. The molecule has 0 aliphatic rings. The summed E-state index contributed by atoms with van der Waals surface area (Å²) in [5.74, 6) is 0.533. The van der Waals surface area contributed by atoms with Gasteiger partial charge in [0.15, 0.2) is 0 Å². The third-order valence-electron chi connectivity index (χ3n) is 5.75. The summed E-state index contributed by atoms with van der Waals surface area (Å²) >= 11 is 0. The molecular formula is C28H27N7O4. The van der Waals surface area contributed by atoms with Gasteiger partial charge in [0.2, 0.25) is 0 Å². The monoisotopic (exact) mass is 525 g/mol. The van der Waals surface area contributed by atoms with Gasteiger partial charge in [-0.1, -0.05) is 22.9 Å². The number of esters is 1. The summed E-state index contributed by atoms with van der Waals surface area (Å²) in [5.41, 5.74) is 4.92. The lowest BCUT2D eigenvalue weighted by molar-refractivity contribution is -0.141. The normalized spacial score (nSPS) is 10.4. The first-order valence-corrected chi connectivity index (χ1v) is 12.0. The van der Waals surface area contributed by atoms with Crippen molar-refractivity contribution in [3.05, 3.63) is 88.4 Å². The van der Waals surface area contributed by atoms with Gasteiger partial charge in [0.25, 0.3) is 5.91 Å². The van der Waals surface area contributed by atoms with Crippen LogP contribution in [-0.4, -0.2) is 39.0 Å². The summed E-state index contributed by atoms with van der Waals surface area (Å²) in [6.45, 7) is 5.90. The van der Waals surface area contributed by atoms with Crippen LogP contribution in [-0.2, 0) is 22.6 Å². The van der Waals surface area contributed by atoms with Gasteiger partial charge in [-0.05, 0) is 56.2 Å². The van der Waals surface area contributed by atoms with Crippen molar-refractivity contribution in [1.29, 1.82) is 5.26 Å². The zero-order valence-electron chi connectivity index (χ0n) is 22.0. The van der Waals surface area contributed by atoms with Crippen molar-refractivity contribution in [1.82, 2.24) is 25.3 Å². The lowest BCUT2D eigenvalue weighted by Crippen LogP contribution is -2.24. The highest BCUT2D eigenvalue weighted by atomic mass is 16.5. The molecule has 198 valence electrons. The van der Waals surface area contributed by atoms with Gasteiger partial charge < -0.3 is 20.1 Å². The topological polar surface area (TPSA) is 144 Å². The molecule has 0 aliphatic carbocycles. The molecule has 2 aromatic heterocycles. The van der Waals surface area contributed by atoms with E-state index >= 15 is 0 Å². The van der Waals surface area contributed by atoms with E-state index in [0.29, 0.717) is 28.6 Å². The van der Waals surface area contributed by atoms with Gasteiger partial charge >= 0.3 is 5.97 Å². The number of pyridine rings is 1. The molecule has 0 fully saturated rings. The van der Waals surface area contributed by atoms with Crippen molar-refractivity contribution in [2.24, 2.45) is 0 Å². The van der Waals surface area contributed by atoms with Gasteiger partial charge in [-0.25, -0.2) is 9.67 Å². The van der Waals surface area contributed by atoms with Crippen LogP contribution in [0.15, 0.2) is 54.9 Å². The molecule has 0 aliphatic heterocycles. The van der Waals surface area contributed by atoms with Crippen LogP contribution in [0, 0.1) is 32.1 Å². The van der Waals surface area contributed by atoms with E-state index < -0.39 is 11.9 Å². The number of ether oxygens (including phenoxy) is 2. The second kappa shape index (κ2) is 11.9. The number of rotatable bonds is 9. The Bertz CT molecular complexity index is 1530. The maximum Gasteiger partial charge on any atom is 0.327 e. The molecule has 11 nitrogen and oxygen atoms in total.